The average Bonchev–Trinajstić information content (AvgIpc) is 2.29. The maximum atomic E-state index is 11.4. The zero-order chi connectivity index (χ0) is 11.5. The van der Waals surface area contributed by atoms with Gasteiger partial charge in [-0.1, -0.05) is 56.8 Å². The van der Waals surface area contributed by atoms with Crippen molar-refractivity contribution in [2.45, 2.75) is 64.2 Å². The Morgan fingerprint density at radius 2 is 1.38 bits per heavy atom. The van der Waals surface area contributed by atoms with Crippen LogP contribution in [0.15, 0.2) is 24.3 Å². The van der Waals surface area contributed by atoms with Gasteiger partial charge in [0.15, 0.2) is 5.78 Å². The van der Waals surface area contributed by atoms with E-state index in [4.69, 9.17) is 0 Å². The lowest BCUT2D eigenvalue weighted by atomic mass is 10.1. The first kappa shape index (κ1) is 13.2. The summed E-state index contributed by atoms with van der Waals surface area (Å²) in [7, 11) is 0. The van der Waals surface area contributed by atoms with Crippen LogP contribution in [-0.2, 0) is 4.79 Å². The number of carbonyl (C=O) groups is 1. The van der Waals surface area contributed by atoms with E-state index in [1.807, 2.05) is 12.2 Å². The van der Waals surface area contributed by atoms with Gasteiger partial charge >= 0.3 is 0 Å². The molecule has 0 aromatic carbocycles. The number of hydrogen-bond acceptors (Lipinski definition) is 1. The summed E-state index contributed by atoms with van der Waals surface area (Å²) in [4.78, 5) is 11.4. The molecule has 90 valence electrons. The van der Waals surface area contributed by atoms with Gasteiger partial charge in [0.2, 0.25) is 0 Å². The molecule has 0 saturated carbocycles. The minimum absolute atomic E-state index is 0.277. The smallest absolute Gasteiger partial charge is 0.155 e. The van der Waals surface area contributed by atoms with Crippen LogP contribution in [0.2, 0.25) is 0 Å². The van der Waals surface area contributed by atoms with Crippen LogP contribution in [0, 0.1) is 0 Å². The van der Waals surface area contributed by atoms with E-state index in [1.165, 1.54) is 44.9 Å². The predicted molar refractivity (Wildman–Crippen MR) is 69.5 cm³/mol. The van der Waals surface area contributed by atoms with Crippen molar-refractivity contribution in [3.63, 3.8) is 0 Å². The normalized spacial score (nSPS) is 23.4. The first-order valence-electron chi connectivity index (χ1n) is 6.75. The first-order valence-corrected chi connectivity index (χ1v) is 6.75. The summed E-state index contributed by atoms with van der Waals surface area (Å²) in [6, 6.07) is 0. The lowest BCUT2D eigenvalue weighted by Gasteiger charge is -2.00. The number of rotatable bonds is 0. The minimum Gasteiger partial charge on any atom is -0.295 e. The molecular formula is C15H24O. The van der Waals surface area contributed by atoms with Gasteiger partial charge in [-0.3, -0.25) is 4.79 Å². The van der Waals surface area contributed by atoms with Gasteiger partial charge in [-0.05, 0) is 25.3 Å². The van der Waals surface area contributed by atoms with Crippen LogP contribution >= 0.6 is 0 Å². The Hall–Kier alpha value is -0.850. The molecule has 0 amide bonds. The molecule has 0 atom stereocenters. The number of allylic oxidation sites excluding steroid dienone is 4. The molecule has 0 spiro atoms. The van der Waals surface area contributed by atoms with E-state index in [0.29, 0.717) is 0 Å². The Kier molecular flexibility index (Phi) is 7.75. The quantitative estimate of drug-likeness (QED) is 0.584. The molecule has 0 heterocycles. The Labute approximate surface area is 99.6 Å². The zero-order valence-electron chi connectivity index (χ0n) is 10.3. The molecule has 0 N–H and O–H groups in total. The van der Waals surface area contributed by atoms with Gasteiger partial charge in [-0.15, -0.1) is 0 Å². The summed E-state index contributed by atoms with van der Waals surface area (Å²) in [5.74, 6) is 0.277. The van der Waals surface area contributed by atoms with Crippen LogP contribution in [0.3, 0.4) is 0 Å². The highest BCUT2D eigenvalue weighted by Gasteiger charge is 1.97. The summed E-state index contributed by atoms with van der Waals surface area (Å²) in [6.07, 6.45) is 20.0. The van der Waals surface area contributed by atoms with Crippen molar-refractivity contribution in [1.29, 1.82) is 0 Å². The molecule has 0 bridgehead atoms. The number of ketones is 1. The fourth-order valence-corrected chi connectivity index (χ4v) is 2.04. The van der Waals surface area contributed by atoms with Crippen molar-refractivity contribution >= 4 is 5.78 Å². The van der Waals surface area contributed by atoms with E-state index in [-0.39, 0.29) is 5.78 Å². The number of carbonyl (C=O) groups excluding carboxylic acids is 1. The number of hydrogen-bond donors (Lipinski definition) is 0. The SMILES string of the molecule is O=C1C=C/C=C\CCCCCCCCCC1. The Bertz CT molecular complexity index is 238. The fraction of sp³-hybridized carbons (Fsp3) is 0.667. The van der Waals surface area contributed by atoms with Crippen LogP contribution in [0.1, 0.15) is 64.2 Å². The van der Waals surface area contributed by atoms with E-state index >= 15 is 0 Å². The highest BCUT2D eigenvalue weighted by atomic mass is 16.1. The molecule has 0 fully saturated rings. The lowest BCUT2D eigenvalue weighted by molar-refractivity contribution is -0.114. The Balaban J connectivity index is 2.29. The fourth-order valence-electron chi connectivity index (χ4n) is 2.04. The third kappa shape index (κ3) is 7.44. The third-order valence-electron chi connectivity index (χ3n) is 3.07. The topological polar surface area (TPSA) is 17.1 Å². The van der Waals surface area contributed by atoms with Gasteiger partial charge in [0.1, 0.15) is 0 Å². The van der Waals surface area contributed by atoms with Crippen LogP contribution in [-0.4, -0.2) is 5.78 Å². The maximum absolute atomic E-state index is 11.4. The van der Waals surface area contributed by atoms with Crippen molar-refractivity contribution in [1.82, 2.24) is 0 Å². The standard InChI is InChI=1S/C15H24O/c16-15-13-11-9-7-5-3-1-2-4-6-8-10-12-14-15/h7,9,11,13H,1-6,8,10,12,14H2/b9-7-,13-11?. The molecule has 0 unspecified atom stereocenters. The summed E-state index contributed by atoms with van der Waals surface area (Å²) in [6.45, 7) is 0. The second kappa shape index (κ2) is 9.38. The van der Waals surface area contributed by atoms with Crippen molar-refractivity contribution in [3.05, 3.63) is 24.3 Å². The van der Waals surface area contributed by atoms with E-state index in [0.717, 1.165) is 19.3 Å². The summed E-state index contributed by atoms with van der Waals surface area (Å²) in [5.41, 5.74) is 0. The minimum atomic E-state index is 0.277. The lowest BCUT2D eigenvalue weighted by Crippen LogP contribution is -1.91. The summed E-state index contributed by atoms with van der Waals surface area (Å²) >= 11 is 0. The highest BCUT2D eigenvalue weighted by Crippen LogP contribution is 2.11. The second-order valence-electron chi connectivity index (χ2n) is 4.62. The third-order valence-corrected chi connectivity index (χ3v) is 3.07. The van der Waals surface area contributed by atoms with Crippen LogP contribution < -0.4 is 0 Å². The van der Waals surface area contributed by atoms with Crippen molar-refractivity contribution < 1.29 is 4.79 Å². The molecule has 0 aliphatic heterocycles. The van der Waals surface area contributed by atoms with Crippen molar-refractivity contribution in [2.24, 2.45) is 0 Å². The zero-order valence-corrected chi connectivity index (χ0v) is 10.3. The molecule has 1 heteroatoms. The predicted octanol–water partition coefficient (Wildman–Crippen LogP) is 4.58. The van der Waals surface area contributed by atoms with Crippen molar-refractivity contribution in [2.75, 3.05) is 0 Å². The summed E-state index contributed by atoms with van der Waals surface area (Å²) < 4.78 is 0. The molecule has 1 rings (SSSR count). The molecule has 1 aliphatic rings. The molecule has 1 aliphatic carbocycles. The van der Waals surface area contributed by atoms with Gasteiger partial charge in [0.05, 0.1) is 0 Å². The molecule has 0 radical (unpaired) electrons. The molecule has 0 saturated heterocycles. The molecule has 0 aromatic rings. The average molecular weight is 220 g/mol. The molecule has 16 heavy (non-hydrogen) atoms. The van der Waals surface area contributed by atoms with Crippen LogP contribution in [0.4, 0.5) is 0 Å². The van der Waals surface area contributed by atoms with Gasteiger partial charge in [-0.2, -0.15) is 0 Å². The Morgan fingerprint density at radius 3 is 2.12 bits per heavy atom. The Morgan fingerprint density at radius 1 is 0.750 bits per heavy atom. The largest absolute Gasteiger partial charge is 0.295 e. The molecular weight excluding hydrogens is 196 g/mol. The molecule has 0 aromatic heterocycles. The van der Waals surface area contributed by atoms with E-state index in [9.17, 15) is 4.79 Å². The highest BCUT2D eigenvalue weighted by molar-refractivity contribution is 5.89. The van der Waals surface area contributed by atoms with Crippen molar-refractivity contribution in [3.8, 4) is 0 Å². The van der Waals surface area contributed by atoms with E-state index < -0.39 is 0 Å². The first-order chi connectivity index (χ1) is 7.89. The maximum Gasteiger partial charge on any atom is 0.155 e. The van der Waals surface area contributed by atoms with Crippen LogP contribution in [0.25, 0.3) is 0 Å². The van der Waals surface area contributed by atoms with Crippen LogP contribution in [0.5, 0.6) is 0 Å². The van der Waals surface area contributed by atoms with Gasteiger partial charge in [0, 0.05) is 6.42 Å². The van der Waals surface area contributed by atoms with Gasteiger partial charge < -0.3 is 0 Å². The molecule has 1 nitrogen and oxygen atoms in total. The van der Waals surface area contributed by atoms with E-state index in [2.05, 4.69) is 6.08 Å². The summed E-state index contributed by atoms with van der Waals surface area (Å²) in [5, 5.41) is 0. The van der Waals surface area contributed by atoms with E-state index in [1.54, 1.807) is 6.08 Å². The monoisotopic (exact) mass is 220 g/mol. The van der Waals surface area contributed by atoms with Gasteiger partial charge in [-0.25, -0.2) is 0 Å². The van der Waals surface area contributed by atoms with Gasteiger partial charge in [0.25, 0.3) is 0 Å². The second-order valence-corrected chi connectivity index (χ2v) is 4.62.